The van der Waals surface area contributed by atoms with Gasteiger partial charge in [-0.25, -0.2) is 4.79 Å². The smallest absolute Gasteiger partial charge is 0.319 e. The average molecular weight is 284 g/mol. The molecule has 0 radical (unpaired) electrons. The maximum absolute atomic E-state index is 12.0. The first-order chi connectivity index (χ1) is 9.90. The first kappa shape index (κ1) is 14.8. The first-order valence-electron chi connectivity index (χ1n) is 6.77. The zero-order valence-corrected chi connectivity index (χ0v) is 12.2. The SMILES string of the molecule is CC(C)(CNC(=O)Nc1cccc2ccccc12)C(=N)N. The first-order valence-corrected chi connectivity index (χ1v) is 6.77. The summed E-state index contributed by atoms with van der Waals surface area (Å²) < 4.78 is 0. The van der Waals surface area contributed by atoms with Crippen LogP contribution < -0.4 is 16.4 Å². The molecule has 0 unspecified atom stereocenters. The Morgan fingerprint density at radius 2 is 1.86 bits per heavy atom. The summed E-state index contributed by atoms with van der Waals surface area (Å²) >= 11 is 0. The Kier molecular flexibility index (Phi) is 4.12. The molecule has 2 amide bonds. The van der Waals surface area contributed by atoms with Crippen LogP contribution in [0, 0.1) is 10.8 Å². The minimum atomic E-state index is -0.559. The molecule has 0 aliphatic heterocycles. The highest BCUT2D eigenvalue weighted by atomic mass is 16.2. The standard InChI is InChI=1S/C16H20N4O/c1-16(2,14(17)18)10-19-15(21)20-13-9-5-7-11-6-3-4-8-12(11)13/h3-9H,10H2,1-2H3,(H3,17,18)(H2,19,20,21). The number of carbonyl (C=O) groups is 1. The van der Waals surface area contributed by atoms with Crippen molar-refractivity contribution < 1.29 is 4.79 Å². The maximum atomic E-state index is 12.0. The van der Waals surface area contributed by atoms with E-state index in [1.807, 2.05) is 56.3 Å². The van der Waals surface area contributed by atoms with Gasteiger partial charge in [0, 0.05) is 17.3 Å². The fourth-order valence-electron chi connectivity index (χ4n) is 1.90. The molecular formula is C16H20N4O. The molecule has 0 fully saturated rings. The zero-order chi connectivity index (χ0) is 15.5. The van der Waals surface area contributed by atoms with Gasteiger partial charge in [0.1, 0.15) is 0 Å². The number of rotatable bonds is 4. The average Bonchev–Trinajstić information content (AvgIpc) is 2.45. The van der Waals surface area contributed by atoms with Crippen LogP contribution in [0.2, 0.25) is 0 Å². The van der Waals surface area contributed by atoms with E-state index in [1.165, 1.54) is 0 Å². The molecular weight excluding hydrogens is 264 g/mol. The molecule has 0 saturated heterocycles. The van der Waals surface area contributed by atoms with E-state index in [2.05, 4.69) is 10.6 Å². The van der Waals surface area contributed by atoms with Crippen LogP contribution in [-0.4, -0.2) is 18.4 Å². The number of nitrogens with two attached hydrogens (primary N) is 1. The molecule has 21 heavy (non-hydrogen) atoms. The van der Waals surface area contributed by atoms with Gasteiger partial charge in [0.2, 0.25) is 0 Å². The third kappa shape index (κ3) is 3.51. The van der Waals surface area contributed by atoms with Gasteiger partial charge in [-0.05, 0) is 11.5 Å². The van der Waals surface area contributed by atoms with Crippen molar-refractivity contribution in [3.05, 3.63) is 42.5 Å². The Balaban J connectivity index is 2.07. The van der Waals surface area contributed by atoms with E-state index in [-0.39, 0.29) is 11.9 Å². The summed E-state index contributed by atoms with van der Waals surface area (Å²) in [5, 5.41) is 15.1. The molecule has 2 aromatic rings. The second kappa shape index (κ2) is 5.83. The molecule has 0 aliphatic carbocycles. The molecule has 2 aromatic carbocycles. The normalized spacial score (nSPS) is 11.1. The lowest BCUT2D eigenvalue weighted by molar-refractivity contribution is 0.249. The number of hydrogen-bond donors (Lipinski definition) is 4. The molecule has 5 nitrogen and oxygen atoms in total. The van der Waals surface area contributed by atoms with Crippen LogP contribution in [0.15, 0.2) is 42.5 Å². The fourth-order valence-corrected chi connectivity index (χ4v) is 1.90. The van der Waals surface area contributed by atoms with E-state index in [4.69, 9.17) is 11.1 Å². The van der Waals surface area contributed by atoms with Gasteiger partial charge in [0.15, 0.2) is 0 Å². The number of carbonyl (C=O) groups excluding carboxylic acids is 1. The van der Waals surface area contributed by atoms with Gasteiger partial charge in [0.05, 0.1) is 11.5 Å². The molecule has 0 bridgehead atoms. The summed E-state index contributed by atoms with van der Waals surface area (Å²) in [6, 6.07) is 13.3. The number of anilines is 1. The maximum Gasteiger partial charge on any atom is 0.319 e. The molecule has 0 atom stereocenters. The fraction of sp³-hybridized carbons (Fsp3) is 0.250. The topological polar surface area (TPSA) is 91.0 Å². The monoisotopic (exact) mass is 284 g/mol. The lowest BCUT2D eigenvalue weighted by Gasteiger charge is -2.23. The molecule has 0 saturated carbocycles. The van der Waals surface area contributed by atoms with Crippen LogP contribution in [0.25, 0.3) is 10.8 Å². The lowest BCUT2D eigenvalue weighted by atomic mass is 9.92. The third-order valence-corrected chi connectivity index (χ3v) is 3.46. The molecule has 0 aliphatic rings. The highest BCUT2D eigenvalue weighted by Gasteiger charge is 2.22. The van der Waals surface area contributed by atoms with Gasteiger partial charge >= 0.3 is 6.03 Å². The number of nitrogens with one attached hydrogen (secondary N) is 3. The molecule has 0 heterocycles. The highest BCUT2D eigenvalue weighted by molar-refractivity contribution is 6.01. The quantitative estimate of drug-likeness (QED) is 0.513. The number of hydrogen-bond acceptors (Lipinski definition) is 2. The van der Waals surface area contributed by atoms with Crippen LogP contribution in [-0.2, 0) is 0 Å². The number of urea groups is 1. The van der Waals surface area contributed by atoms with Crippen LogP contribution in [0.1, 0.15) is 13.8 Å². The zero-order valence-electron chi connectivity index (χ0n) is 12.2. The summed E-state index contributed by atoms with van der Waals surface area (Å²) in [4.78, 5) is 12.0. The highest BCUT2D eigenvalue weighted by Crippen LogP contribution is 2.22. The Hall–Kier alpha value is -2.56. The second-order valence-electron chi connectivity index (χ2n) is 5.63. The van der Waals surface area contributed by atoms with Crippen molar-refractivity contribution in [2.45, 2.75) is 13.8 Å². The Morgan fingerprint density at radius 1 is 1.19 bits per heavy atom. The number of amidine groups is 1. The van der Waals surface area contributed by atoms with Gasteiger partial charge in [-0.15, -0.1) is 0 Å². The molecule has 0 spiro atoms. The summed E-state index contributed by atoms with van der Waals surface area (Å²) in [5.74, 6) is 0.0490. The van der Waals surface area contributed by atoms with Gasteiger partial charge in [-0.3, -0.25) is 5.41 Å². The van der Waals surface area contributed by atoms with Gasteiger partial charge < -0.3 is 16.4 Å². The van der Waals surface area contributed by atoms with Crippen molar-refractivity contribution in [3.8, 4) is 0 Å². The lowest BCUT2D eigenvalue weighted by Crippen LogP contribution is -2.43. The number of benzene rings is 2. The summed E-state index contributed by atoms with van der Waals surface area (Å²) in [6.07, 6.45) is 0. The third-order valence-electron chi connectivity index (χ3n) is 3.46. The number of amides is 2. The molecule has 2 rings (SSSR count). The van der Waals surface area contributed by atoms with Crippen LogP contribution in [0.5, 0.6) is 0 Å². The van der Waals surface area contributed by atoms with Crippen molar-refractivity contribution in [2.75, 3.05) is 11.9 Å². The summed E-state index contributed by atoms with van der Waals surface area (Å²) in [7, 11) is 0. The van der Waals surface area contributed by atoms with Crippen molar-refractivity contribution in [3.63, 3.8) is 0 Å². The van der Waals surface area contributed by atoms with Gasteiger partial charge in [0.25, 0.3) is 0 Å². The van der Waals surface area contributed by atoms with Crippen LogP contribution >= 0.6 is 0 Å². The largest absolute Gasteiger partial charge is 0.387 e. The predicted octanol–water partition coefficient (Wildman–Crippen LogP) is 2.92. The van der Waals surface area contributed by atoms with E-state index in [9.17, 15) is 4.79 Å². The van der Waals surface area contributed by atoms with Crippen molar-refractivity contribution in [2.24, 2.45) is 11.1 Å². The van der Waals surface area contributed by atoms with E-state index in [1.54, 1.807) is 0 Å². The van der Waals surface area contributed by atoms with E-state index < -0.39 is 5.41 Å². The number of fused-ring (bicyclic) bond motifs is 1. The van der Waals surface area contributed by atoms with Crippen molar-refractivity contribution in [1.29, 1.82) is 5.41 Å². The molecule has 5 heteroatoms. The predicted molar refractivity (Wildman–Crippen MR) is 86.7 cm³/mol. The van der Waals surface area contributed by atoms with Crippen LogP contribution in [0.4, 0.5) is 10.5 Å². The Bertz CT molecular complexity index is 674. The summed E-state index contributed by atoms with van der Waals surface area (Å²) in [5.41, 5.74) is 5.69. The van der Waals surface area contributed by atoms with Crippen LogP contribution in [0.3, 0.4) is 0 Å². The second-order valence-corrected chi connectivity index (χ2v) is 5.63. The Morgan fingerprint density at radius 3 is 2.57 bits per heavy atom. The minimum Gasteiger partial charge on any atom is -0.387 e. The summed E-state index contributed by atoms with van der Waals surface area (Å²) in [6.45, 7) is 3.93. The van der Waals surface area contributed by atoms with Crippen molar-refractivity contribution >= 4 is 28.3 Å². The Labute approximate surface area is 124 Å². The van der Waals surface area contributed by atoms with Gasteiger partial charge in [-0.1, -0.05) is 50.2 Å². The molecule has 110 valence electrons. The van der Waals surface area contributed by atoms with Gasteiger partial charge in [-0.2, -0.15) is 0 Å². The van der Waals surface area contributed by atoms with E-state index >= 15 is 0 Å². The molecule has 5 N–H and O–H groups in total. The molecule has 0 aromatic heterocycles. The van der Waals surface area contributed by atoms with E-state index in [0.717, 1.165) is 16.5 Å². The van der Waals surface area contributed by atoms with E-state index in [0.29, 0.717) is 6.54 Å². The minimum absolute atomic E-state index is 0.0490. The van der Waals surface area contributed by atoms with Crippen molar-refractivity contribution in [1.82, 2.24) is 5.32 Å².